The maximum Gasteiger partial charge on any atom is 0.204 e. The van der Waals surface area contributed by atoms with Crippen molar-refractivity contribution in [2.75, 3.05) is 26.7 Å². The van der Waals surface area contributed by atoms with Crippen LogP contribution in [0.15, 0.2) is 59.6 Å². The Labute approximate surface area is 186 Å². The van der Waals surface area contributed by atoms with Crippen LogP contribution < -0.4 is 10.0 Å². The van der Waals surface area contributed by atoms with Crippen molar-refractivity contribution in [3.05, 3.63) is 70.7 Å². The molecule has 0 spiro atoms. The van der Waals surface area contributed by atoms with Gasteiger partial charge in [-0.1, -0.05) is 60.5 Å². The highest BCUT2D eigenvalue weighted by molar-refractivity contribution is 7.81. The SMILES string of the molecule is CN=C(NCC(C(=N)c1ccc(Cl)cc1)c1ccccc1)NS(=O)N1CCCCC1. The van der Waals surface area contributed by atoms with E-state index in [1.165, 1.54) is 6.42 Å². The lowest BCUT2D eigenvalue weighted by molar-refractivity contribution is 0.364. The van der Waals surface area contributed by atoms with Gasteiger partial charge in [-0.15, -0.1) is 0 Å². The van der Waals surface area contributed by atoms with Gasteiger partial charge < -0.3 is 10.7 Å². The summed E-state index contributed by atoms with van der Waals surface area (Å²) in [6.45, 7) is 2.09. The van der Waals surface area contributed by atoms with Crippen molar-refractivity contribution in [1.82, 2.24) is 14.3 Å². The third kappa shape index (κ3) is 6.14. The minimum Gasteiger partial charge on any atom is -0.355 e. The third-order valence-corrected chi connectivity index (χ3v) is 6.59. The molecular formula is C22H28ClN5OS. The molecular weight excluding hydrogens is 418 g/mol. The van der Waals surface area contributed by atoms with Crippen LogP contribution in [0.25, 0.3) is 0 Å². The highest BCUT2D eigenvalue weighted by Crippen LogP contribution is 2.21. The van der Waals surface area contributed by atoms with Gasteiger partial charge in [0.2, 0.25) is 5.96 Å². The molecule has 2 aromatic rings. The molecule has 3 N–H and O–H groups in total. The van der Waals surface area contributed by atoms with Gasteiger partial charge in [-0.3, -0.25) is 9.71 Å². The minimum absolute atomic E-state index is 0.200. The summed E-state index contributed by atoms with van der Waals surface area (Å²) in [7, 11) is 1.66. The minimum atomic E-state index is -1.32. The van der Waals surface area contributed by atoms with Crippen LogP contribution in [0.2, 0.25) is 5.02 Å². The van der Waals surface area contributed by atoms with Crippen LogP contribution in [0.4, 0.5) is 0 Å². The van der Waals surface area contributed by atoms with E-state index < -0.39 is 11.2 Å². The Morgan fingerprint density at radius 3 is 2.43 bits per heavy atom. The number of halogens is 1. The molecule has 1 saturated heterocycles. The average Bonchev–Trinajstić information content (AvgIpc) is 2.80. The van der Waals surface area contributed by atoms with Crippen molar-refractivity contribution < 1.29 is 4.21 Å². The maximum absolute atomic E-state index is 12.6. The number of guanidine groups is 1. The monoisotopic (exact) mass is 445 g/mol. The van der Waals surface area contributed by atoms with E-state index in [0.717, 1.165) is 37.1 Å². The molecule has 2 aromatic carbocycles. The zero-order chi connectivity index (χ0) is 21.3. The lowest BCUT2D eigenvalue weighted by atomic mass is 9.90. The first-order chi connectivity index (χ1) is 14.6. The second kappa shape index (κ2) is 11.2. The summed E-state index contributed by atoms with van der Waals surface area (Å²) in [4.78, 5) is 4.22. The number of piperidine rings is 1. The van der Waals surface area contributed by atoms with Gasteiger partial charge in [0.05, 0.1) is 0 Å². The summed E-state index contributed by atoms with van der Waals surface area (Å²) in [6, 6.07) is 17.2. The molecule has 1 aliphatic rings. The summed E-state index contributed by atoms with van der Waals surface area (Å²) >= 11 is 4.68. The van der Waals surface area contributed by atoms with Crippen LogP contribution in [0.3, 0.4) is 0 Å². The van der Waals surface area contributed by atoms with Gasteiger partial charge in [0.15, 0.2) is 11.2 Å². The highest BCUT2D eigenvalue weighted by Gasteiger charge is 2.21. The molecule has 0 saturated carbocycles. The predicted octanol–water partition coefficient (Wildman–Crippen LogP) is 3.72. The van der Waals surface area contributed by atoms with Crippen molar-refractivity contribution >= 4 is 34.4 Å². The fraction of sp³-hybridized carbons (Fsp3) is 0.364. The Kier molecular flexibility index (Phi) is 8.42. The van der Waals surface area contributed by atoms with E-state index in [4.69, 9.17) is 17.0 Å². The standard InChI is InChI=1S/C22H28ClN5OS/c1-25-22(27-30(29)28-14-6-3-7-15-28)26-16-20(17-8-4-2-5-9-17)21(24)18-10-12-19(23)13-11-18/h2,4-5,8-13,20,24H,3,6-7,14-16H2,1H3,(H2,25,26,27). The normalized spacial score (nSPS) is 17.2. The molecule has 0 radical (unpaired) electrons. The second-order valence-corrected chi connectivity index (χ2v) is 8.83. The lowest BCUT2D eigenvalue weighted by Crippen LogP contribution is -2.47. The molecule has 3 rings (SSSR count). The Morgan fingerprint density at radius 1 is 1.13 bits per heavy atom. The number of nitrogens with zero attached hydrogens (tertiary/aromatic N) is 2. The molecule has 0 aromatic heterocycles. The van der Waals surface area contributed by atoms with Gasteiger partial charge in [-0.05, 0) is 36.1 Å². The molecule has 0 bridgehead atoms. The largest absolute Gasteiger partial charge is 0.355 e. The summed E-state index contributed by atoms with van der Waals surface area (Å²) in [6.07, 6.45) is 3.31. The molecule has 6 nitrogen and oxygen atoms in total. The molecule has 30 heavy (non-hydrogen) atoms. The first kappa shape index (κ1) is 22.5. The summed E-state index contributed by atoms with van der Waals surface area (Å²) in [5, 5.41) is 12.7. The molecule has 1 heterocycles. The van der Waals surface area contributed by atoms with Crippen molar-refractivity contribution in [3.8, 4) is 0 Å². The van der Waals surface area contributed by atoms with E-state index in [1.54, 1.807) is 19.2 Å². The van der Waals surface area contributed by atoms with Crippen LogP contribution in [0, 0.1) is 5.41 Å². The smallest absolute Gasteiger partial charge is 0.204 e. The maximum atomic E-state index is 12.6. The Morgan fingerprint density at radius 2 is 1.80 bits per heavy atom. The topological polar surface area (TPSA) is 80.6 Å². The lowest BCUT2D eigenvalue weighted by Gasteiger charge is -2.26. The van der Waals surface area contributed by atoms with E-state index in [0.29, 0.717) is 23.2 Å². The fourth-order valence-electron chi connectivity index (χ4n) is 3.44. The van der Waals surface area contributed by atoms with Gasteiger partial charge >= 0.3 is 0 Å². The first-order valence-corrected chi connectivity index (χ1v) is 11.6. The third-order valence-electron chi connectivity index (χ3n) is 5.14. The van der Waals surface area contributed by atoms with E-state index in [-0.39, 0.29) is 5.92 Å². The van der Waals surface area contributed by atoms with Gasteiger partial charge in [-0.2, -0.15) is 0 Å². The van der Waals surface area contributed by atoms with Crippen molar-refractivity contribution in [3.63, 3.8) is 0 Å². The zero-order valence-electron chi connectivity index (χ0n) is 17.1. The van der Waals surface area contributed by atoms with E-state index in [2.05, 4.69) is 15.0 Å². The fourth-order valence-corrected chi connectivity index (χ4v) is 4.61. The van der Waals surface area contributed by atoms with Gasteiger partial charge in [0.25, 0.3) is 0 Å². The van der Waals surface area contributed by atoms with Crippen LogP contribution in [-0.2, 0) is 11.2 Å². The molecule has 2 unspecified atom stereocenters. The first-order valence-electron chi connectivity index (χ1n) is 10.1. The van der Waals surface area contributed by atoms with Crippen molar-refractivity contribution in [2.45, 2.75) is 25.2 Å². The van der Waals surface area contributed by atoms with Crippen LogP contribution in [0.5, 0.6) is 0 Å². The van der Waals surface area contributed by atoms with Gasteiger partial charge in [0, 0.05) is 43.3 Å². The summed E-state index contributed by atoms with van der Waals surface area (Å²) in [5.74, 6) is 0.262. The molecule has 2 atom stereocenters. The quantitative estimate of drug-likeness (QED) is 0.448. The predicted molar refractivity (Wildman–Crippen MR) is 126 cm³/mol. The average molecular weight is 446 g/mol. The molecule has 0 aliphatic carbocycles. The number of aliphatic imine (C=N–C) groups is 1. The number of benzene rings is 2. The van der Waals surface area contributed by atoms with Crippen molar-refractivity contribution in [1.29, 1.82) is 5.41 Å². The van der Waals surface area contributed by atoms with Crippen LogP contribution in [-0.4, -0.2) is 46.9 Å². The summed E-state index contributed by atoms with van der Waals surface area (Å²) in [5.41, 5.74) is 2.32. The zero-order valence-corrected chi connectivity index (χ0v) is 18.7. The van der Waals surface area contributed by atoms with Gasteiger partial charge in [-0.25, -0.2) is 8.51 Å². The van der Waals surface area contributed by atoms with E-state index in [9.17, 15) is 4.21 Å². The second-order valence-electron chi connectivity index (χ2n) is 7.18. The number of hydrogen-bond acceptors (Lipinski definition) is 3. The highest BCUT2D eigenvalue weighted by atomic mass is 35.5. The number of nitrogens with one attached hydrogen (secondary N) is 3. The van der Waals surface area contributed by atoms with Crippen LogP contribution in [0.1, 0.15) is 36.3 Å². The molecule has 8 heteroatoms. The number of hydrogen-bond donors (Lipinski definition) is 3. The van der Waals surface area contributed by atoms with Crippen molar-refractivity contribution in [2.24, 2.45) is 4.99 Å². The molecule has 1 fully saturated rings. The van der Waals surface area contributed by atoms with E-state index in [1.807, 2.05) is 46.8 Å². The molecule has 1 aliphatic heterocycles. The Balaban J connectivity index is 1.70. The van der Waals surface area contributed by atoms with Gasteiger partial charge in [0.1, 0.15) is 0 Å². The molecule has 0 amide bonds. The summed E-state index contributed by atoms with van der Waals surface area (Å²) < 4.78 is 17.5. The molecule has 160 valence electrons. The van der Waals surface area contributed by atoms with E-state index >= 15 is 0 Å². The number of rotatable bonds is 7. The Hall–Kier alpha value is -2.22. The van der Waals surface area contributed by atoms with Crippen LogP contribution >= 0.6 is 11.6 Å². The Bertz CT molecular complexity index is 882.